The lowest BCUT2D eigenvalue weighted by atomic mass is 10.0. The highest BCUT2D eigenvalue weighted by atomic mass is 16.5. The van der Waals surface area contributed by atoms with E-state index in [9.17, 15) is 14.4 Å². The molecule has 32 heavy (non-hydrogen) atoms. The topological polar surface area (TPSA) is 87.7 Å². The second kappa shape index (κ2) is 8.93. The predicted octanol–water partition coefficient (Wildman–Crippen LogP) is 4.00. The van der Waals surface area contributed by atoms with Crippen LogP contribution in [-0.2, 0) is 9.59 Å². The zero-order valence-electron chi connectivity index (χ0n) is 17.8. The summed E-state index contributed by atoms with van der Waals surface area (Å²) in [6.07, 6.45) is -0.212. The van der Waals surface area contributed by atoms with Gasteiger partial charge in [-0.2, -0.15) is 0 Å². The number of nitrogens with one attached hydrogen (secondary N) is 2. The molecule has 7 heteroatoms. The minimum Gasteiger partial charge on any atom is -0.495 e. The molecule has 1 aliphatic rings. The molecule has 0 aromatic heterocycles. The quantitative estimate of drug-likeness (QED) is 0.642. The fourth-order valence-electron chi connectivity index (χ4n) is 3.69. The molecule has 0 bridgehead atoms. The smallest absolute Gasteiger partial charge is 0.259 e. The van der Waals surface area contributed by atoms with E-state index in [0.717, 1.165) is 5.56 Å². The van der Waals surface area contributed by atoms with Gasteiger partial charge < -0.3 is 15.4 Å². The molecule has 3 amide bonds. The maximum atomic E-state index is 13.5. The van der Waals surface area contributed by atoms with E-state index in [-0.39, 0.29) is 12.3 Å². The Kier molecular flexibility index (Phi) is 5.89. The van der Waals surface area contributed by atoms with E-state index in [0.29, 0.717) is 28.4 Å². The van der Waals surface area contributed by atoms with Crippen molar-refractivity contribution in [2.45, 2.75) is 19.4 Å². The number of hydrogen-bond acceptors (Lipinski definition) is 4. The molecule has 0 spiro atoms. The summed E-state index contributed by atoms with van der Waals surface area (Å²) in [4.78, 5) is 40.7. The van der Waals surface area contributed by atoms with Crippen LogP contribution in [0.4, 0.5) is 17.1 Å². The van der Waals surface area contributed by atoms with Gasteiger partial charge in [0.2, 0.25) is 11.8 Å². The van der Waals surface area contributed by atoms with E-state index < -0.39 is 17.9 Å². The molecule has 0 saturated carbocycles. The molecular weight excluding hydrogens is 406 g/mol. The third-order valence-electron chi connectivity index (χ3n) is 5.31. The number of benzene rings is 3. The molecule has 2 N–H and O–H groups in total. The van der Waals surface area contributed by atoms with E-state index >= 15 is 0 Å². The van der Waals surface area contributed by atoms with E-state index in [2.05, 4.69) is 10.6 Å². The molecule has 0 unspecified atom stereocenters. The average molecular weight is 429 g/mol. The van der Waals surface area contributed by atoms with Crippen molar-refractivity contribution in [1.82, 2.24) is 0 Å². The second-order valence-electron chi connectivity index (χ2n) is 7.52. The van der Waals surface area contributed by atoms with Gasteiger partial charge in [-0.1, -0.05) is 42.0 Å². The summed E-state index contributed by atoms with van der Waals surface area (Å²) in [5.41, 5.74) is 3.03. The van der Waals surface area contributed by atoms with Crippen molar-refractivity contribution in [2.24, 2.45) is 0 Å². The highest BCUT2D eigenvalue weighted by molar-refractivity contribution is 6.17. The van der Waals surface area contributed by atoms with Gasteiger partial charge in [-0.3, -0.25) is 19.3 Å². The maximum Gasteiger partial charge on any atom is 0.259 e. The van der Waals surface area contributed by atoms with Crippen molar-refractivity contribution in [1.29, 1.82) is 0 Å². The highest BCUT2D eigenvalue weighted by Crippen LogP contribution is 2.34. The number of fused-ring (bicyclic) bond motifs is 1. The van der Waals surface area contributed by atoms with Gasteiger partial charge in [0.1, 0.15) is 11.8 Å². The summed E-state index contributed by atoms with van der Waals surface area (Å²) < 4.78 is 5.27. The van der Waals surface area contributed by atoms with Crippen molar-refractivity contribution >= 4 is 34.8 Å². The summed E-state index contributed by atoms with van der Waals surface area (Å²) in [5, 5.41) is 5.59. The summed E-state index contributed by atoms with van der Waals surface area (Å²) in [7, 11) is 1.51. The Hall–Kier alpha value is -4.13. The van der Waals surface area contributed by atoms with Crippen LogP contribution in [0.15, 0.2) is 72.8 Å². The second-order valence-corrected chi connectivity index (χ2v) is 7.52. The van der Waals surface area contributed by atoms with Gasteiger partial charge in [-0.05, 0) is 43.3 Å². The minimum atomic E-state index is -1.01. The summed E-state index contributed by atoms with van der Waals surface area (Å²) in [6, 6.07) is 20.2. The third kappa shape index (κ3) is 4.18. The Labute approximate surface area is 186 Å². The lowest BCUT2D eigenvalue weighted by molar-refractivity contribution is -0.122. The Morgan fingerprint density at radius 2 is 1.69 bits per heavy atom. The molecule has 1 heterocycles. The molecule has 3 aromatic carbocycles. The number of carbonyl (C=O) groups is 3. The standard InChI is InChI=1S/C25H23N3O4/c1-16-11-13-17(14-12-16)25(31)28-20-9-5-3-7-18(20)27-24(30)21(28)15-23(29)26-19-8-4-6-10-22(19)32-2/h3-14,21H,15H2,1-2H3,(H,26,29)(H,27,30)/t21-/m0/s1. The number of carbonyl (C=O) groups excluding carboxylic acids is 3. The number of amides is 3. The molecule has 0 radical (unpaired) electrons. The van der Waals surface area contributed by atoms with Crippen molar-refractivity contribution in [3.63, 3.8) is 0 Å². The fourth-order valence-corrected chi connectivity index (χ4v) is 3.69. The summed E-state index contributed by atoms with van der Waals surface area (Å²) >= 11 is 0. The zero-order chi connectivity index (χ0) is 22.7. The molecule has 162 valence electrons. The van der Waals surface area contributed by atoms with E-state index in [4.69, 9.17) is 4.74 Å². The summed E-state index contributed by atoms with van der Waals surface area (Å²) in [6.45, 7) is 1.93. The number of aryl methyl sites for hydroxylation is 1. The van der Waals surface area contributed by atoms with Gasteiger partial charge in [0, 0.05) is 5.56 Å². The van der Waals surface area contributed by atoms with Crippen LogP contribution in [0.5, 0.6) is 5.75 Å². The van der Waals surface area contributed by atoms with E-state index in [1.54, 1.807) is 60.7 Å². The SMILES string of the molecule is COc1ccccc1NC(=O)C[C@H]1C(=O)Nc2ccccc2N1C(=O)c1ccc(C)cc1. The molecule has 3 aromatic rings. The van der Waals surface area contributed by atoms with Crippen LogP contribution < -0.4 is 20.3 Å². The normalized spacial score (nSPS) is 14.9. The maximum absolute atomic E-state index is 13.5. The van der Waals surface area contributed by atoms with E-state index in [1.165, 1.54) is 12.0 Å². The van der Waals surface area contributed by atoms with Crippen LogP contribution >= 0.6 is 0 Å². The number of rotatable bonds is 5. The fraction of sp³-hybridized carbons (Fsp3) is 0.160. The lowest BCUT2D eigenvalue weighted by Crippen LogP contribution is -2.52. The first kappa shape index (κ1) is 21.1. The average Bonchev–Trinajstić information content (AvgIpc) is 2.80. The number of para-hydroxylation sites is 4. The van der Waals surface area contributed by atoms with Crippen molar-refractivity contribution in [2.75, 3.05) is 22.6 Å². The Bertz CT molecular complexity index is 1170. The van der Waals surface area contributed by atoms with Crippen molar-refractivity contribution in [3.05, 3.63) is 83.9 Å². The molecule has 0 saturated heterocycles. The van der Waals surface area contributed by atoms with Crippen LogP contribution in [-0.4, -0.2) is 30.9 Å². The first-order chi connectivity index (χ1) is 15.5. The number of anilines is 3. The van der Waals surface area contributed by atoms with Gasteiger partial charge in [-0.25, -0.2) is 0 Å². The van der Waals surface area contributed by atoms with E-state index in [1.807, 2.05) is 19.1 Å². The number of nitrogens with zero attached hydrogens (tertiary/aromatic N) is 1. The van der Waals surface area contributed by atoms with Crippen molar-refractivity contribution < 1.29 is 19.1 Å². The molecule has 1 atom stereocenters. The lowest BCUT2D eigenvalue weighted by Gasteiger charge is -2.36. The molecule has 4 rings (SSSR count). The first-order valence-corrected chi connectivity index (χ1v) is 10.2. The number of methoxy groups -OCH3 is 1. The summed E-state index contributed by atoms with van der Waals surface area (Å²) in [5.74, 6) is -0.663. The van der Waals surface area contributed by atoms with Gasteiger partial charge >= 0.3 is 0 Å². The molecule has 1 aliphatic heterocycles. The molecule has 0 aliphatic carbocycles. The molecular formula is C25H23N3O4. The zero-order valence-corrected chi connectivity index (χ0v) is 17.8. The van der Waals surface area contributed by atoms with Crippen molar-refractivity contribution in [3.8, 4) is 5.75 Å². The van der Waals surface area contributed by atoms with Crippen LogP contribution in [0.2, 0.25) is 0 Å². The minimum absolute atomic E-state index is 0.212. The predicted molar refractivity (Wildman–Crippen MR) is 123 cm³/mol. The van der Waals surface area contributed by atoms with Crippen LogP contribution in [0.3, 0.4) is 0 Å². The van der Waals surface area contributed by atoms with Crippen LogP contribution in [0, 0.1) is 6.92 Å². The molecule has 0 fully saturated rings. The monoisotopic (exact) mass is 429 g/mol. The first-order valence-electron chi connectivity index (χ1n) is 10.2. The Morgan fingerprint density at radius 3 is 2.44 bits per heavy atom. The Balaban J connectivity index is 1.65. The van der Waals surface area contributed by atoms with Gasteiger partial charge in [-0.15, -0.1) is 0 Å². The number of ether oxygens (including phenoxy) is 1. The van der Waals surface area contributed by atoms with Gasteiger partial charge in [0.25, 0.3) is 5.91 Å². The van der Waals surface area contributed by atoms with Crippen LogP contribution in [0.25, 0.3) is 0 Å². The number of hydrogen-bond donors (Lipinski definition) is 2. The van der Waals surface area contributed by atoms with Gasteiger partial charge in [0.05, 0.1) is 30.6 Å². The van der Waals surface area contributed by atoms with Crippen LogP contribution in [0.1, 0.15) is 22.3 Å². The largest absolute Gasteiger partial charge is 0.495 e. The Morgan fingerprint density at radius 1 is 1.00 bits per heavy atom. The third-order valence-corrected chi connectivity index (χ3v) is 5.31. The molecule has 7 nitrogen and oxygen atoms in total. The van der Waals surface area contributed by atoms with Gasteiger partial charge in [0.15, 0.2) is 0 Å². The highest BCUT2D eigenvalue weighted by Gasteiger charge is 2.38.